The zero-order valence-electron chi connectivity index (χ0n) is 12.9. The lowest BCUT2D eigenvalue weighted by atomic mass is 10.1. The fraction of sp³-hybridized carbons (Fsp3) is 0.412. The number of halogens is 3. The van der Waals surface area contributed by atoms with E-state index in [-0.39, 0.29) is 32.5 Å². The summed E-state index contributed by atoms with van der Waals surface area (Å²) in [5, 5.41) is 3.51. The molecule has 0 atom stereocenters. The first-order chi connectivity index (χ1) is 11.5. The molecule has 1 heterocycles. The predicted octanol–water partition coefficient (Wildman–Crippen LogP) is 4.63. The molecule has 0 saturated heterocycles. The number of carbonyl (C=O) groups is 2. The number of rotatable bonds is 3. The van der Waals surface area contributed by atoms with Crippen molar-refractivity contribution in [3.8, 4) is 0 Å². The van der Waals surface area contributed by atoms with Gasteiger partial charge in [-0.05, 0) is 25.0 Å². The molecule has 0 aromatic heterocycles. The Kier molecular flexibility index (Phi) is 5.38. The van der Waals surface area contributed by atoms with Crippen molar-refractivity contribution in [3.05, 3.63) is 39.0 Å². The fourth-order valence-electron chi connectivity index (χ4n) is 3.14. The third-order valence-corrected chi connectivity index (χ3v) is 5.56. The van der Waals surface area contributed by atoms with E-state index in [1.54, 1.807) is 18.2 Å². The molecule has 1 N–H and O–H groups in total. The van der Waals surface area contributed by atoms with Gasteiger partial charge in [-0.15, -0.1) is 0 Å². The molecule has 0 radical (unpaired) electrons. The number of hydrogen-bond donors (Lipinski definition) is 1. The van der Waals surface area contributed by atoms with Crippen LogP contribution in [0.5, 0.6) is 0 Å². The quantitative estimate of drug-likeness (QED) is 0.607. The monoisotopic (exact) mass is 386 g/mol. The van der Waals surface area contributed by atoms with E-state index in [1.807, 2.05) is 0 Å². The Morgan fingerprint density at radius 3 is 2.29 bits per heavy atom. The first kappa shape index (κ1) is 17.6. The highest BCUT2D eigenvalue weighted by Crippen LogP contribution is 2.37. The highest BCUT2D eigenvalue weighted by atomic mass is 35.5. The van der Waals surface area contributed by atoms with Crippen LogP contribution >= 0.6 is 34.8 Å². The van der Waals surface area contributed by atoms with Gasteiger partial charge in [-0.2, -0.15) is 0 Å². The number of anilines is 1. The van der Waals surface area contributed by atoms with E-state index in [1.165, 1.54) is 12.8 Å². The summed E-state index contributed by atoms with van der Waals surface area (Å²) >= 11 is 18.3. The van der Waals surface area contributed by atoms with Crippen molar-refractivity contribution in [2.75, 3.05) is 4.90 Å². The summed E-state index contributed by atoms with van der Waals surface area (Å²) in [4.78, 5) is 26.2. The van der Waals surface area contributed by atoms with Gasteiger partial charge < -0.3 is 5.32 Å². The first-order valence-electron chi connectivity index (χ1n) is 8.00. The smallest absolute Gasteiger partial charge is 0.283 e. The number of imide groups is 1. The van der Waals surface area contributed by atoms with Gasteiger partial charge >= 0.3 is 0 Å². The third kappa shape index (κ3) is 3.28. The molecule has 4 nitrogen and oxygen atoms in total. The normalized spacial score (nSPS) is 19.9. The molecule has 1 aliphatic heterocycles. The summed E-state index contributed by atoms with van der Waals surface area (Å²) in [6.45, 7) is 0. The van der Waals surface area contributed by atoms with E-state index < -0.39 is 11.8 Å². The molecule has 3 rings (SSSR count). The van der Waals surface area contributed by atoms with Crippen LogP contribution < -0.4 is 10.2 Å². The number of benzene rings is 1. The Labute approximate surface area is 155 Å². The Hall–Kier alpha value is -1.23. The molecule has 1 fully saturated rings. The maximum absolute atomic E-state index is 12.7. The maximum Gasteiger partial charge on any atom is 0.283 e. The molecule has 2 aliphatic rings. The summed E-state index contributed by atoms with van der Waals surface area (Å²) in [5.74, 6) is -1.07. The van der Waals surface area contributed by atoms with Gasteiger partial charge in [-0.1, -0.05) is 66.6 Å². The van der Waals surface area contributed by atoms with Crippen LogP contribution in [-0.4, -0.2) is 17.9 Å². The van der Waals surface area contributed by atoms with Crippen LogP contribution in [-0.2, 0) is 9.59 Å². The topological polar surface area (TPSA) is 49.4 Å². The Morgan fingerprint density at radius 2 is 1.62 bits per heavy atom. The Bertz CT molecular complexity index is 710. The average Bonchev–Trinajstić information content (AvgIpc) is 2.77. The van der Waals surface area contributed by atoms with E-state index >= 15 is 0 Å². The second-order valence-electron chi connectivity index (χ2n) is 6.04. The van der Waals surface area contributed by atoms with Crippen LogP contribution in [0.15, 0.2) is 28.9 Å². The van der Waals surface area contributed by atoms with Crippen molar-refractivity contribution in [1.82, 2.24) is 5.32 Å². The van der Waals surface area contributed by atoms with Crippen molar-refractivity contribution < 1.29 is 9.59 Å². The summed E-state index contributed by atoms with van der Waals surface area (Å²) in [6, 6.07) is 4.96. The minimum atomic E-state index is -0.582. The van der Waals surface area contributed by atoms with Crippen LogP contribution in [0.2, 0.25) is 10.0 Å². The second kappa shape index (κ2) is 7.34. The lowest BCUT2D eigenvalue weighted by molar-refractivity contribution is -0.120. The second-order valence-corrected chi connectivity index (χ2v) is 7.20. The van der Waals surface area contributed by atoms with Gasteiger partial charge in [0.25, 0.3) is 11.8 Å². The molecule has 1 saturated carbocycles. The number of carbonyl (C=O) groups excluding carboxylic acids is 2. The molecule has 7 heteroatoms. The van der Waals surface area contributed by atoms with Crippen LogP contribution in [0.4, 0.5) is 5.69 Å². The Balaban J connectivity index is 1.86. The van der Waals surface area contributed by atoms with Crippen molar-refractivity contribution >= 4 is 52.3 Å². The zero-order chi connectivity index (χ0) is 17.3. The highest BCUT2D eigenvalue weighted by molar-refractivity contribution is 6.54. The summed E-state index contributed by atoms with van der Waals surface area (Å²) < 4.78 is 0. The van der Waals surface area contributed by atoms with E-state index in [0.29, 0.717) is 0 Å². The third-order valence-electron chi connectivity index (χ3n) is 4.40. The van der Waals surface area contributed by atoms with Gasteiger partial charge in [-0.3, -0.25) is 9.59 Å². The largest absolute Gasteiger partial charge is 0.376 e. The summed E-state index contributed by atoms with van der Waals surface area (Å²) in [6.07, 6.45) is 6.54. The molecular formula is C17H17Cl3N2O2. The van der Waals surface area contributed by atoms with Crippen molar-refractivity contribution in [2.45, 2.75) is 44.6 Å². The lowest BCUT2D eigenvalue weighted by Crippen LogP contribution is -2.36. The van der Waals surface area contributed by atoms with E-state index in [4.69, 9.17) is 34.8 Å². The molecule has 0 spiro atoms. The molecule has 128 valence electrons. The number of hydrogen-bond acceptors (Lipinski definition) is 3. The van der Waals surface area contributed by atoms with Crippen molar-refractivity contribution in [3.63, 3.8) is 0 Å². The van der Waals surface area contributed by atoms with Gasteiger partial charge in [-0.25, -0.2) is 4.90 Å². The van der Waals surface area contributed by atoms with Crippen LogP contribution in [0.25, 0.3) is 0 Å². The molecular weight excluding hydrogens is 371 g/mol. The zero-order valence-corrected chi connectivity index (χ0v) is 15.2. The van der Waals surface area contributed by atoms with Crippen molar-refractivity contribution in [1.29, 1.82) is 0 Å². The number of amides is 2. The molecule has 2 amide bonds. The Morgan fingerprint density at radius 1 is 0.958 bits per heavy atom. The number of nitrogens with zero attached hydrogens (tertiary/aromatic N) is 1. The predicted molar refractivity (Wildman–Crippen MR) is 96.5 cm³/mol. The van der Waals surface area contributed by atoms with Gasteiger partial charge in [0, 0.05) is 6.04 Å². The summed E-state index contributed by atoms with van der Waals surface area (Å²) in [7, 11) is 0. The standard InChI is InChI=1S/C17H17Cl3N2O2/c18-11-8-5-9-12(13(11)19)22-16(23)14(20)15(17(22)24)21-10-6-3-1-2-4-7-10/h5,8-10,21H,1-4,6-7H2. The molecule has 1 aromatic rings. The van der Waals surface area contributed by atoms with Crippen molar-refractivity contribution in [2.24, 2.45) is 0 Å². The molecule has 0 unspecified atom stereocenters. The lowest BCUT2D eigenvalue weighted by Gasteiger charge is -2.20. The summed E-state index contributed by atoms with van der Waals surface area (Å²) in [5.41, 5.74) is 0.402. The van der Waals surface area contributed by atoms with E-state index in [2.05, 4.69) is 5.32 Å². The van der Waals surface area contributed by atoms with Crippen LogP contribution in [0.1, 0.15) is 38.5 Å². The SMILES string of the molecule is O=C1C(Cl)=C(NC2CCCCCC2)C(=O)N1c1cccc(Cl)c1Cl. The minimum Gasteiger partial charge on any atom is -0.376 e. The fourth-order valence-corrected chi connectivity index (χ4v) is 3.74. The molecule has 1 aliphatic carbocycles. The van der Waals surface area contributed by atoms with E-state index in [0.717, 1.165) is 30.6 Å². The first-order valence-corrected chi connectivity index (χ1v) is 9.13. The van der Waals surface area contributed by atoms with Crippen LogP contribution in [0, 0.1) is 0 Å². The van der Waals surface area contributed by atoms with Crippen LogP contribution in [0.3, 0.4) is 0 Å². The molecule has 24 heavy (non-hydrogen) atoms. The minimum absolute atomic E-state index is 0.0970. The molecule has 1 aromatic carbocycles. The van der Waals surface area contributed by atoms with Gasteiger partial charge in [0.2, 0.25) is 0 Å². The van der Waals surface area contributed by atoms with Gasteiger partial charge in [0.1, 0.15) is 10.7 Å². The molecule has 0 bridgehead atoms. The van der Waals surface area contributed by atoms with E-state index in [9.17, 15) is 9.59 Å². The van der Waals surface area contributed by atoms with Gasteiger partial charge in [0.15, 0.2) is 0 Å². The number of nitrogens with one attached hydrogen (secondary N) is 1. The highest BCUT2D eigenvalue weighted by Gasteiger charge is 2.40. The maximum atomic E-state index is 12.7. The van der Waals surface area contributed by atoms with Gasteiger partial charge in [0.05, 0.1) is 15.7 Å². The average molecular weight is 388 g/mol.